The predicted molar refractivity (Wildman–Crippen MR) is 85.2 cm³/mol. The van der Waals surface area contributed by atoms with E-state index in [0.717, 1.165) is 40.1 Å². The molecule has 2 rings (SSSR count). The number of ether oxygens (including phenoxy) is 1. The topological polar surface area (TPSA) is 47.0 Å². The maximum absolute atomic E-state index is 5.27. The number of nitrogens with zero attached hydrogens (tertiary/aromatic N) is 2. The summed E-state index contributed by atoms with van der Waals surface area (Å²) < 4.78 is 6.15. The van der Waals surface area contributed by atoms with Crippen molar-refractivity contribution in [3.63, 3.8) is 0 Å². The van der Waals surface area contributed by atoms with Gasteiger partial charge in [0.05, 0.1) is 11.6 Å². The number of halogens is 1. The molecule has 0 saturated heterocycles. The number of hydrogen-bond donors (Lipinski definition) is 1. The van der Waals surface area contributed by atoms with Gasteiger partial charge in [-0.15, -0.1) is 0 Å². The molecule has 0 spiro atoms. The van der Waals surface area contributed by atoms with Crippen molar-refractivity contribution >= 4 is 21.7 Å². The molecule has 0 fully saturated rings. The van der Waals surface area contributed by atoms with E-state index in [9.17, 15) is 0 Å². The van der Waals surface area contributed by atoms with E-state index in [1.165, 1.54) is 0 Å². The summed E-state index contributed by atoms with van der Waals surface area (Å²) in [5.74, 6) is 2.40. The Morgan fingerprint density at radius 1 is 1.35 bits per heavy atom. The highest BCUT2D eigenvalue weighted by Gasteiger charge is 2.08. The van der Waals surface area contributed by atoms with Crippen LogP contribution >= 0.6 is 15.9 Å². The average molecular weight is 336 g/mol. The molecule has 0 amide bonds. The minimum Gasteiger partial charge on any atom is -0.496 e. The molecule has 1 N–H and O–H groups in total. The fraction of sp³-hybridized carbons (Fsp3) is 0.333. The van der Waals surface area contributed by atoms with Crippen LogP contribution < -0.4 is 10.1 Å². The smallest absolute Gasteiger partial charge is 0.161 e. The number of methoxy groups -OCH3 is 1. The fourth-order valence-corrected chi connectivity index (χ4v) is 2.22. The highest BCUT2D eigenvalue weighted by Crippen LogP contribution is 2.26. The van der Waals surface area contributed by atoms with Crippen LogP contribution in [0.1, 0.15) is 18.9 Å². The molecule has 1 aromatic carbocycles. The lowest BCUT2D eigenvalue weighted by molar-refractivity contribution is 0.412. The molecule has 5 heteroatoms. The Kier molecular flexibility index (Phi) is 4.95. The lowest BCUT2D eigenvalue weighted by atomic mass is 10.1. The van der Waals surface area contributed by atoms with Crippen molar-refractivity contribution < 1.29 is 4.74 Å². The van der Waals surface area contributed by atoms with Crippen molar-refractivity contribution in [1.29, 1.82) is 0 Å². The normalized spacial score (nSPS) is 10.4. The van der Waals surface area contributed by atoms with E-state index in [-0.39, 0.29) is 0 Å². The van der Waals surface area contributed by atoms with Crippen LogP contribution in [0.2, 0.25) is 0 Å². The average Bonchev–Trinajstić information content (AvgIpc) is 2.46. The van der Waals surface area contributed by atoms with Crippen molar-refractivity contribution in [2.45, 2.75) is 20.3 Å². The number of aromatic nitrogens is 2. The number of hydrogen-bond acceptors (Lipinski definition) is 4. The van der Waals surface area contributed by atoms with E-state index in [4.69, 9.17) is 4.74 Å². The molecule has 0 aliphatic carbocycles. The molecule has 0 radical (unpaired) electrons. The Bertz CT molecular complexity index is 602. The standard InChI is InChI=1S/C15H18BrN3O/c1-4-7-17-15-12(16)9-18-14(19-15)11-5-6-13(20-3)10(2)8-11/h5-6,8-9H,4,7H2,1-3H3,(H,17,18,19). The summed E-state index contributed by atoms with van der Waals surface area (Å²) in [6, 6.07) is 5.94. The largest absolute Gasteiger partial charge is 0.496 e. The Balaban J connectivity index is 2.35. The first kappa shape index (κ1) is 14.8. The van der Waals surface area contributed by atoms with Crippen molar-refractivity contribution in [1.82, 2.24) is 9.97 Å². The summed E-state index contributed by atoms with van der Waals surface area (Å²) in [6.45, 7) is 5.02. The minimum atomic E-state index is 0.706. The molecule has 0 saturated carbocycles. The quantitative estimate of drug-likeness (QED) is 0.895. The zero-order chi connectivity index (χ0) is 14.5. The van der Waals surface area contributed by atoms with Crippen molar-refractivity contribution in [3.8, 4) is 17.1 Å². The monoisotopic (exact) mass is 335 g/mol. The zero-order valence-electron chi connectivity index (χ0n) is 11.9. The first-order valence-corrected chi connectivity index (χ1v) is 7.36. The van der Waals surface area contributed by atoms with Crippen LogP contribution in [0.15, 0.2) is 28.9 Å². The fourth-order valence-electron chi connectivity index (χ4n) is 1.89. The predicted octanol–water partition coefficient (Wildman–Crippen LogP) is 4.05. The molecule has 1 heterocycles. The van der Waals surface area contributed by atoms with E-state index < -0.39 is 0 Å². The Labute approximate surface area is 127 Å². The van der Waals surface area contributed by atoms with Crippen LogP contribution in [-0.4, -0.2) is 23.6 Å². The number of benzene rings is 1. The molecule has 1 aromatic heterocycles. The molecule has 0 unspecified atom stereocenters. The van der Waals surface area contributed by atoms with Gasteiger partial charge >= 0.3 is 0 Å². The van der Waals surface area contributed by atoms with Gasteiger partial charge in [-0.1, -0.05) is 6.92 Å². The van der Waals surface area contributed by atoms with E-state index >= 15 is 0 Å². The van der Waals surface area contributed by atoms with Crippen LogP contribution in [-0.2, 0) is 0 Å². The van der Waals surface area contributed by atoms with Crippen LogP contribution in [0.25, 0.3) is 11.4 Å². The molecule has 4 nitrogen and oxygen atoms in total. The molecule has 0 aliphatic heterocycles. The second-order valence-corrected chi connectivity index (χ2v) is 5.36. The van der Waals surface area contributed by atoms with Gasteiger partial charge in [-0.05, 0) is 53.0 Å². The Morgan fingerprint density at radius 3 is 2.80 bits per heavy atom. The molecule has 20 heavy (non-hydrogen) atoms. The Hall–Kier alpha value is -1.62. The number of nitrogens with one attached hydrogen (secondary N) is 1. The van der Waals surface area contributed by atoms with E-state index in [0.29, 0.717) is 5.82 Å². The summed E-state index contributed by atoms with van der Waals surface area (Å²) in [5.41, 5.74) is 2.05. The molecule has 0 bridgehead atoms. The maximum Gasteiger partial charge on any atom is 0.161 e. The molecule has 106 valence electrons. The lowest BCUT2D eigenvalue weighted by Crippen LogP contribution is -2.04. The first-order chi connectivity index (χ1) is 9.65. The van der Waals surface area contributed by atoms with E-state index in [1.807, 2.05) is 25.1 Å². The number of rotatable bonds is 5. The van der Waals surface area contributed by atoms with Crippen LogP contribution in [0.4, 0.5) is 5.82 Å². The highest BCUT2D eigenvalue weighted by molar-refractivity contribution is 9.10. The third-order valence-corrected chi connectivity index (χ3v) is 3.52. The summed E-state index contributed by atoms with van der Waals surface area (Å²) in [6.07, 6.45) is 2.83. The van der Waals surface area contributed by atoms with Gasteiger partial charge in [0.2, 0.25) is 0 Å². The second kappa shape index (κ2) is 6.70. The van der Waals surface area contributed by atoms with Gasteiger partial charge in [-0.25, -0.2) is 9.97 Å². The van der Waals surface area contributed by atoms with Gasteiger partial charge in [-0.3, -0.25) is 0 Å². The van der Waals surface area contributed by atoms with Gasteiger partial charge in [0.25, 0.3) is 0 Å². The summed E-state index contributed by atoms with van der Waals surface area (Å²) >= 11 is 3.46. The number of anilines is 1. The van der Waals surface area contributed by atoms with Crippen LogP contribution in [0.3, 0.4) is 0 Å². The Morgan fingerprint density at radius 2 is 2.15 bits per heavy atom. The molecule has 2 aromatic rings. The highest BCUT2D eigenvalue weighted by atomic mass is 79.9. The van der Waals surface area contributed by atoms with Gasteiger partial charge < -0.3 is 10.1 Å². The summed E-state index contributed by atoms with van der Waals surface area (Å²) in [7, 11) is 1.67. The van der Waals surface area contributed by atoms with Gasteiger partial charge in [0, 0.05) is 18.3 Å². The lowest BCUT2D eigenvalue weighted by Gasteiger charge is -2.10. The SMILES string of the molecule is CCCNc1nc(-c2ccc(OC)c(C)c2)ncc1Br. The van der Waals surface area contributed by atoms with Gasteiger partial charge in [0.1, 0.15) is 11.6 Å². The van der Waals surface area contributed by atoms with Crippen molar-refractivity contribution in [2.75, 3.05) is 19.0 Å². The second-order valence-electron chi connectivity index (χ2n) is 4.50. The third-order valence-electron chi connectivity index (χ3n) is 2.94. The molecular weight excluding hydrogens is 318 g/mol. The van der Waals surface area contributed by atoms with E-state index in [2.05, 4.69) is 38.1 Å². The number of aryl methyl sites for hydroxylation is 1. The van der Waals surface area contributed by atoms with Crippen molar-refractivity contribution in [3.05, 3.63) is 34.4 Å². The third kappa shape index (κ3) is 3.28. The van der Waals surface area contributed by atoms with Crippen molar-refractivity contribution in [2.24, 2.45) is 0 Å². The van der Waals surface area contributed by atoms with Crippen LogP contribution in [0.5, 0.6) is 5.75 Å². The molecule has 0 aliphatic rings. The molecule has 0 atom stereocenters. The van der Waals surface area contributed by atoms with Gasteiger partial charge in [-0.2, -0.15) is 0 Å². The minimum absolute atomic E-state index is 0.706. The maximum atomic E-state index is 5.27. The van der Waals surface area contributed by atoms with Gasteiger partial charge in [0.15, 0.2) is 5.82 Å². The zero-order valence-corrected chi connectivity index (χ0v) is 13.5. The summed E-state index contributed by atoms with van der Waals surface area (Å²) in [5, 5.41) is 3.29. The first-order valence-electron chi connectivity index (χ1n) is 6.57. The molecular formula is C15H18BrN3O. The van der Waals surface area contributed by atoms with E-state index in [1.54, 1.807) is 13.3 Å². The van der Waals surface area contributed by atoms with Crippen LogP contribution in [0, 0.1) is 6.92 Å². The summed E-state index contributed by atoms with van der Waals surface area (Å²) in [4.78, 5) is 8.94.